The van der Waals surface area contributed by atoms with Crippen LogP contribution in [0.15, 0.2) is 34.9 Å². The van der Waals surface area contributed by atoms with E-state index in [1.807, 2.05) is 6.07 Å². The van der Waals surface area contributed by atoms with Crippen molar-refractivity contribution in [3.05, 3.63) is 50.5 Å². The maximum Gasteiger partial charge on any atom is 0.337 e. The Kier molecular flexibility index (Phi) is 4.29. The summed E-state index contributed by atoms with van der Waals surface area (Å²) >= 11 is 15.1. The number of aromatic carboxylic acids is 1. The molecule has 4 nitrogen and oxygen atoms in total. The zero-order valence-electron chi connectivity index (χ0n) is 9.32. The van der Waals surface area contributed by atoms with Gasteiger partial charge in [0.2, 0.25) is 0 Å². The van der Waals surface area contributed by atoms with Gasteiger partial charge in [0.1, 0.15) is 5.82 Å². The second kappa shape index (κ2) is 5.77. The van der Waals surface area contributed by atoms with E-state index in [-0.39, 0.29) is 10.6 Å². The van der Waals surface area contributed by atoms with Crippen LogP contribution >= 0.6 is 39.1 Å². The number of nitrogens with one attached hydrogen (secondary N) is 1. The van der Waals surface area contributed by atoms with Crippen molar-refractivity contribution >= 4 is 56.6 Å². The molecule has 0 unspecified atom stereocenters. The largest absolute Gasteiger partial charge is 0.478 e. The number of anilines is 2. The van der Waals surface area contributed by atoms with E-state index >= 15 is 0 Å². The molecule has 0 fully saturated rings. The molecule has 7 heteroatoms. The van der Waals surface area contributed by atoms with Crippen LogP contribution in [0.5, 0.6) is 0 Å². The fraction of sp³-hybridized carbons (Fsp3) is 0. The van der Waals surface area contributed by atoms with Gasteiger partial charge in [-0.05, 0) is 24.3 Å². The van der Waals surface area contributed by atoms with Crippen molar-refractivity contribution in [1.29, 1.82) is 0 Å². The van der Waals surface area contributed by atoms with Gasteiger partial charge in [0.15, 0.2) is 0 Å². The molecule has 1 aromatic carbocycles. The molecule has 0 radical (unpaired) electrons. The summed E-state index contributed by atoms with van der Waals surface area (Å²) in [4.78, 5) is 15.0. The predicted molar refractivity (Wildman–Crippen MR) is 78.6 cm³/mol. The summed E-state index contributed by atoms with van der Waals surface area (Å²) < 4.78 is 0.846. The van der Waals surface area contributed by atoms with Crippen molar-refractivity contribution in [2.24, 2.45) is 0 Å². The van der Waals surface area contributed by atoms with Gasteiger partial charge in [-0.25, -0.2) is 9.78 Å². The maximum absolute atomic E-state index is 11.0. The molecule has 0 spiro atoms. The highest BCUT2D eigenvalue weighted by Gasteiger charge is 2.11. The van der Waals surface area contributed by atoms with Crippen molar-refractivity contribution < 1.29 is 9.90 Å². The molecule has 2 N–H and O–H groups in total. The number of carbonyl (C=O) groups is 1. The molecule has 1 aromatic heterocycles. The minimum Gasteiger partial charge on any atom is -0.478 e. The van der Waals surface area contributed by atoms with Crippen LogP contribution in [0, 0.1) is 0 Å². The molecule has 0 bridgehead atoms. The minimum atomic E-state index is -1.11. The van der Waals surface area contributed by atoms with E-state index in [1.165, 1.54) is 12.3 Å². The van der Waals surface area contributed by atoms with Crippen molar-refractivity contribution in [1.82, 2.24) is 4.98 Å². The van der Waals surface area contributed by atoms with E-state index < -0.39 is 5.97 Å². The van der Waals surface area contributed by atoms with Gasteiger partial charge in [0.25, 0.3) is 0 Å². The molecular formula is C12H7BrCl2N2O2. The second-order valence-electron chi connectivity index (χ2n) is 3.60. The van der Waals surface area contributed by atoms with Gasteiger partial charge in [-0.1, -0.05) is 39.1 Å². The third-order valence-corrected chi connectivity index (χ3v) is 3.39. The molecule has 0 aliphatic heterocycles. The Morgan fingerprint density at radius 3 is 2.63 bits per heavy atom. The maximum atomic E-state index is 11.0. The number of hydrogen-bond donors (Lipinski definition) is 2. The third-order valence-electron chi connectivity index (χ3n) is 2.28. The monoisotopic (exact) mass is 360 g/mol. The lowest BCUT2D eigenvalue weighted by Crippen LogP contribution is -2.01. The van der Waals surface area contributed by atoms with Crippen molar-refractivity contribution in [3.8, 4) is 0 Å². The number of aromatic nitrogens is 1. The Labute approximate surface area is 127 Å². The van der Waals surface area contributed by atoms with Crippen LogP contribution in [0.1, 0.15) is 10.4 Å². The zero-order chi connectivity index (χ0) is 14.0. The van der Waals surface area contributed by atoms with E-state index in [0.717, 1.165) is 4.47 Å². The molecule has 1 heterocycles. The average molecular weight is 362 g/mol. The molecule has 2 rings (SSSR count). The highest BCUT2D eigenvalue weighted by molar-refractivity contribution is 9.10. The van der Waals surface area contributed by atoms with Gasteiger partial charge in [0, 0.05) is 10.7 Å². The van der Waals surface area contributed by atoms with Crippen LogP contribution in [0.25, 0.3) is 0 Å². The number of carboxylic acids is 1. The Morgan fingerprint density at radius 2 is 2.00 bits per heavy atom. The Hall–Kier alpha value is -1.30. The summed E-state index contributed by atoms with van der Waals surface area (Å²) in [5, 5.41) is 12.5. The number of pyridine rings is 1. The van der Waals surface area contributed by atoms with Crippen molar-refractivity contribution in [2.45, 2.75) is 0 Å². The predicted octanol–water partition coefficient (Wildman–Crippen LogP) is 4.59. The number of carboxylic acid groups (broad SMARTS) is 1. The summed E-state index contributed by atoms with van der Waals surface area (Å²) in [6, 6.07) is 6.63. The molecule has 0 saturated heterocycles. The lowest BCUT2D eigenvalue weighted by molar-refractivity contribution is 0.0697. The summed E-state index contributed by atoms with van der Waals surface area (Å²) in [7, 11) is 0. The molecule has 0 aliphatic carbocycles. The minimum absolute atomic E-state index is 0.0209. The van der Waals surface area contributed by atoms with E-state index in [4.69, 9.17) is 28.3 Å². The van der Waals surface area contributed by atoms with Crippen LogP contribution in [0.4, 0.5) is 11.5 Å². The average Bonchev–Trinajstić information content (AvgIpc) is 2.34. The summed E-state index contributed by atoms with van der Waals surface area (Å²) in [6.07, 6.45) is 1.28. The molecule has 0 aliphatic rings. The fourth-order valence-corrected chi connectivity index (χ4v) is 2.30. The second-order valence-corrected chi connectivity index (χ2v) is 5.33. The number of benzene rings is 1. The van der Waals surface area contributed by atoms with E-state index in [0.29, 0.717) is 16.5 Å². The molecule has 0 atom stereocenters. The topological polar surface area (TPSA) is 62.2 Å². The molecule has 2 aromatic rings. The van der Waals surface area contributed by atoms with Crippen LogP contribution in [0.2, 0.25) is 10.0 Å². The molecule has 0 saturated carbocycles. The first-order valence-electron chi connectivity index (χ1n) is 5.08. The number of hydrogen-bond acceptors (Lipinski definition) is 3. The summed E-state index contributed by atoms with van der Waals surface area (Å²) in [5.41, 5.74) is 0.600. The number of nitrogens with zero attached hydrogens (tertiary/aromatic N) is 1. The SMILES string of the molecule is O=C(O)c1cc(Nc2ccc(Br)cc2Cl)ncc1Cl. The van der Waals surface area contributed by atoms with Crippen LogP contribution < -0.4 is 5.32 Å². The quantitative estimate of drug-likeness (QED) is 0.839. The molecule has 98 valence electrons. The molecular weight excluding hydrogens is 355 g/mol. The molecule has 19 heavy (non-hydrogen) atoms. The molecule has 0 amide bonds. The lowest BCUT2D eigenvalue weighted by atomic mass is 10.2. The number of halogens is 3. The zero-order valence-corrected chi connectivity index (χ0v) is 12.4. The van der Waals surface area contributed by atoms with Gasteiger partial charge < -0.3 is 10.4 Å². The highest BCUT2D eigenvalue weighted by Crippen LogP contribution is 2.28. The Bertz CT molecular complexity index is 650. The van der Waals surface area contributed by atoms with Crippen LogP contribution in [0.3, 0.4) is 0 Å². The summed E-state index contributed by atoms with van der Waals surface area (Å²) in [5.74, 6) is -0.761. The lowest BCUT2D eigenvalue weighted by Gasteiger charge is -2.09. The smallest absolute Gasteiger partial charge is 0.337 e. The Morgan fingerprint density at radius 1 is 1.26 bits per heavy atom. The van der Waals surface area contributed by atoms with Gasteiger partial charge >= 0.3 is 5.97 Å². The van der Waals surface area contributed by atoms with E-state index in [2.05, 4.69) is 26.2 Å². The highest BCUT2D eigenvalue weighted by atomic mass is 79.9. The first-order valence-corrected chi connectivity index (χ1v) is 6.63. The standard InChI is InChI=1S/C12H7BrCl2N2O2/c13-6-1-2-10(8(14)3-6)17-11-4-7(12(18)19)9(15)5-16-11/h1-5H,(H,16,17)(H,18,19). The van der Waals surface area contributed by atoms with Crippen molar-refractivity contribution in [2.75, 3.05) is 5.32 Å². The van der Waals surface area contributed by atoms with Gasteiger partial charge in [-0.3, -0.25) is 0 Å². The normalized spacial score (nSPS) is 10.3. The third kappa shape index (κ3) is 3.37. The number of rotatable bonds is 3. The van der Waals surface area contributed by atoms with Crippen LogP contribution in [-0.4, -0.2) is 16.1 Å². The first-order chi connectivity index (χ1) is 8.97. The van der Waals surface area contributed by atoms with E-state index in [9.17, 15) is 4.79 Å². The van der Waals surface area contributed by atoms with Gasteiger partial charge in [-0.2, -0.15) is 0 Å². The first kappa shape index (κ1) is 14.1. The van der Waals surface area contributed by atoms with Crippen LogP contribution in [-0.2, 0) is 0 Å². The summed E-state index contributed by atoms with van der Waals surface area (Å²) in [6.45, 7) is 0. The van der Waals surface area contributed by atoms with Crippen molar-refractivity contribution in [3.63, 3.8) is 0 Å². The van der Waals surface area contributed by atoms with Gasteiger partial charge in [-0.15, -0.1) is 0 Å². The van der Waals surface area contributed by atoms with Gasteiger partial charge in [0.05, 0.1) is 21.3 Å². The Balaban J connectivity index is 2.33. The fourth-order valence-electron chi connectivity index (χ4n) is 1.40. The van der Waals surface area contributed by atoms with E-state index in [1.54, 1.807) is 12.1 Å².